The van der Waals surface area contributed by atoms with E-state index in [9.17, 15) is 9.59 Å². The Morgan fingerprint density at radius 1 is 1.25 bits per heavy atom. The van der Waals surface area contributed by atoms with Gasteiger partial charge < -0.3 is 14.2 Å². The molecule has 0 heterocycles. The van der Waals surface area contributed by atoms with Crippen molar-refractivity contribution in [3.8, 4) is 5.75 Å². The van der Waals surface area contributed by atoms with Crippen LogP contribution in [0.4, 0.5) is 0 Å². The van der Waals surface area contributed by atoms with E-state index in [1.54, 1.807) is 12.1 Å². The first-order valence-corrected chi connectivity index (χ1v) is 5.94. The van der Waals surface area contributed by atoms with Crippen molar-refractivity contribution in [1.82, 2.24) is 0 Å². The van der Waals surface area contributed by atoms with Crippen LogP contribution in [0.5, 0.6) is 5.75 Å². The van der Waals surface area contributed by atoms with Crippen LogP contribution in [-0.4, -0.2) is 33.3 Å². The van der Waals surface area contributed by atoms with Gasteiger partial charge in [-0.3, -0.25) is 4.79 Å². The lowest BCUT2D eigenvalue weighted by Crippen LogP contribution is -2.10. The molecule has 0 saturated carbocycles. The van der Waals surface area contributed by atoms with Crippen LogP contribution in [0.25, 0.3) is 10.8 Å². The van der Waals surface area contributed by atoms with Crippen molar-refractivity contribution in [2.24, 2.45) is 0 Å². The van der Waals surface area contributed by atoms with Gasteiger partial charge in [0.15, 0.2) is 13.1 Å². The molecular formula is C15H14O5. The summed E-state index contributed by atoms with van der Waals surface area (Å²) in [5.41, 5.74) is 0.505. The summed E-state index contributed by atoms with van der Waals surface area (Å²) in [5, 5.41) is 1.47. The van der Waals surface area contributed by atoms with Crippen LogP contribution in [0, 0.1) is 0 Å². The summed E-state index contributed by atoms with van der Waals surface area (Å²) >= 11 is 0. The molecule has 0 aliphatic carbocycles. The molecule has 5 nitrogen and oxygen atoms in total. The molecule has 104 valence electrons. The zero-order chi connectivity index (χ0) is 14.5. The molecule has 0 radical (unpaired) electrons. The van der Waals surface area contributed by atoms with Gasteiger partial charge in [0.05, 0.1) is 12.7 Å². The molecule has 0 amide bonds. The minimum absolute atomic E-state index is 0.0663. The predicted octanol–water partition coefficient (Wildman–Crippen LogP) is 2.42. The number of benzene rings is 2. The highest BCUT2D eigenvalue weighted by Crippen LogP contribution is 2.31. The zero-order valence-corrected chi connectivity index (χ0v) is 11.2. The first kappa shape index (κ1) is 14.0. The average molecular weight is 274 g/mol. The van der Waals surface area contributed by atoms with Crippen molar-refractivity contribution in [1.29, 1.82) is 0 Å². The van der Waals surface area contributed by atoms with E-state index in [0.717, 1.165) is 5.39 Å². The van der Waals surface area contributed by atoms with E-state index >= 15 is 0 Å². The molecule has 0 N–H and O–H groups in total. The van der Waals surface area contributed by atoms with Crippen LogP contribution in [0.3, 0.4) is 0 Å². The molecule has 0 aliphatic heterocycles. The highest BCUT2D eigenvalue weighted by Gasteiger charge is 2.20. The smallest absolute Gasteiger partial charge is 0.341 e. The molecule has 20 heavy (non-hydrogen) atoms. The second-order valence-electron chi connectivity index (χ2n) is 4.05. The third-order valence-electron chi connectivity index (χ3n) is 2.88. The standard InChI is InChI=1S/C15H14O5/c1-18-9-20-14-12(15(17)19-2)7-10-5-3-4-6-11(10)13(14)8-16/h3-8H,9H2,1-2H3. The Morgan fingerprint density at radius 3 is 2.65 bits per heavy atom. The van der Waals surface area contributed by atoms with Gasteiger partial charge in [0.1, 0.15) is 11.3 Å². The van der Waals surface area contributed by atoms with E-state index in [-0.39, 0.29) is 18.1 Å². The monoisotopic (exact) mass is 274 g/mol. The zero-order valence-electron chi connectivity index (χ0n) is 11.2. The number of hydrogen-bond donors (Lipinski definition) is 0. The van der Waals surface area contributed by atoms with Crippen molar-refractivity contribution >= 4 is 23.0 Å². The molecular weight excluding hydrogens is 260 g/mol. The number of hydrogen-bond acceptors (Lipinski definition) is 5. The maximum Gasteiger partial charge on any atom is 0.341 e. The van der Waals surface area contributed by atoms with Gasteiger partial charge in [-0.1, -0.05) is 24.3 Å². The van der Waals surface area contributed by atoms with Gasteiger partial charge in [-0.2, -0.15) is 0 Å². The Hall–Kier alpha value is -2.40. The molecule has 5 heteroatoms. The van der Waals surface area contributed by atoms with Crippen molar-refractivity contribution in [3.63, 3.8) is 0 Å². The summed E-state index contributed by atoms with van der Waals surface area (Å²) in [5.74, 6) is -0.391. The molecule has 0 saturated heterocycles. The summed E-state index contributed by atoms with van der Waals surface area (Å²) in [4.78, 5) is 23.2. The first-order chi connectivity index (χ1) is 9.72. The fraction of sp³-hybridized carbons (Fsp3) is 0.200. The lowest BCUT2D eigenvalue weighted by atomic mass is 10.00. The van der Waals surface area contributed by atoms with Crippen LogP contribution >= 0.6 is 0 Å². The quantitative estimate of drug-likeness (QED) is 0.476. The number of fused-ring (bicyclic) bond motifs is 1. The largest absolute Gasteiger partial charge is 0.466 e. The van der Waals surface area contributed by atoms with Gasteiger partial charge >= 0.3 is 5.97 Å². The molecule has 0 bridgehead atoms. The fourth-order valence-corrected chi connectivity index (χ4v) is 2.01. The lowest BCUT2D eigenvalue weighted by Gasteiger charge is -2.14. The van der Waals surface area contributed by atoms with Crippen LogP contribution in [0.15, 0.2) is 30.3 Å². The summed E-state index contributed by atoms with van der Waals surface area (Å²) in [6.45, 7) is -0.0663. The average Bonchev–Trinajstić information content (AvgIpc) is 2.50. The number of carbonyl (C=O) groups is 2. The van der Waals surface area contributed by atoms with E-state index in [0.29, 0.717) is 17.2 Å². The van der Waals surface area contributed by atoms with E-state index in [2.05, 4.69) is 0 Å². The Labute approximate surface area is 116 Å². The summed E-state index contributed by atoms with van der Waals surface area (Å²) < 4.78 is 15.0. The molecule has 0 aliphatic rings. The summed E-state index contributed by atoms with van der Waals surface area (Å²) in [6, 6.07) is 8.88. The van der Waals surface area contributed by atoms with Gasteiger partial charge in [-0.25, -0.2) is 4.79 Å². The molecule has 0 aromatic heterocycles. The Balaban J connectivity index is 2.73. The molecule has 2 aromatic carbocycles. The first-order valence-electron chi connectivity index (χ1n) is 5.94. The van der Waals surface area contributed by atoms with Crippen LogP contribution in [0.1, 0.15) is 20.7 Å². The molecule has 2 rings (SSSR count). The highest BCUT2D eigenvalue weighted by atomic mass is 16.7. The summed E-state index contributed by atoms with van der Waals surface area (Å²) in [7, 11) is 2.73. The Kier molecular flexibility index (Phi) is 4.32. The van der Waals surface area contributed by atoms with Gasteiger partial charge in [0.2, 0.25) is 0 Å². The highest BCUT2D eigenvalue weighted by molar-refractivity contribution is 6.07. The molecule has 0 unspecified atom stereocenters. The Bertz CT molecular complexity index is 648. The van der Waals surface area contributed by atoms with Crippen molar-refractivity contribution in [3.05, 3.63) is 41.5 Å². The van der Waals surface area contributed by atoms with Gasteiger partial charge in [-0.15, -0.1) is 0 Å². The topological polar surface area (TPSA) is 61.8 Å². The molecule has 0 spiro atoms. The SMILES string of the molecule is COCOc1c(C(=O)OC)cc2ccccc2c1C=O. The number of aldehydes is 1. The third kappa shape index (κ3) is 2.48. The maximum absolute atomic E-state index is 11.9. The normalized spacial score (nSPS) is 10.3. The van der Waals surface area contributed by atoms with Crippen molar-refractivity contribution < 1.29 is 23.8 Å². The van der Waals surface area contributed by atoms with E-state index in [1.807, 2.05) is 18.2 Å². The van der Waals surface area contributed by atoms with Crippen molar-refractivity contribution in [2.75, 3.05) is 21.0 Å². The number of esters is 1. The second kappa shape index (κ2) is 6.16. The summed E-state index contributed by atoms with van der Waals surface area (Å²) in [6.07, 6.45) is 0.666. The predicted molar refractivity (Wildman–Crippen MR) is 73.2 cm³/mol. The molecule has 0 atom stereocenters. The lowest BCUT2D eigenvalue weighted by molar-refractivity contribution is 0.0462. The van der Waals surface area contributed by atoms with Crippen LogP contribution < -0.4 is 4.74 Å². The molecule has 0 fully saturated rings. The number of methoxy groups -OCH3 is 2. The molecule has 2 aromatic rings. The number of ether oxygens (including phenoxy) is 3. The van der Waals surface area contributed by atoms with Crippen molar-refractivity contribution in [2.45, 2.75) is 0 Å². The van der Waals surface area contributed by atoms with Crippen LogP contribution in [0.2, 0.25) is 0 Å². The maximum atomic E-state index is 11.9. The van der Waals surface area contributed by atoms with E-state index < -0.39 is 5.97 Å². The van der Waals surface area contributed by atoms with Gasteiger partial charge in [-0.05, 0) is 16.8 Å². The van der Waals surface area contributed by atoms with Crippen LogP contribution in [-0.2, 0) is 9.47 Å². The minimum atomic E-state index is -0.565. The van der Waals surface area contributed by atoms with E-state index in [4.69, 9.17) is 14.2 Å². The van der Waals surface area contributed by atoms with Gasteiger partial charge in [0.25, 0.3) is 0 Å². The minimum Gasteiger partial charge on any atom is -0.466 e. The number of rotatable bonds is 5. The second-order valence-corrected chi connectivity index (χ2v) is 4.05. The fourth-order valence-electron chi connectivity index (χ4n) is 2.01. The van der Waals surface area contributed by atoms with E-state index in [1.165, 1.54) is 14.2 Å². The third-order valence-corrected chi connectivity index (χ3v) is 2.88. The van der Waals surface area contributed by atoms with Gasteiger partial charge in [0, 0.05) is 7.11 Å². The number of carbonyl (C=O) groups excluding carboxylic acids is 2. The Morgan fingerprint density at radius 2 is 2.00 bits per heavy atom.